The zero-order valence-electron chi connectivity index (χ0n) is 12.2. The number of hydrogen-bond donors (Lipinski definition) is 4. The monoisotopic (exact) mass is 316 g/mol. The van der Waals surface area contributed by atoms with Crippen molar-refractivity contribution in [1.82, 2.24) is 20.3 Å². The van der Waals surface area contributed by atoms with Crippen LogP contribution in [0, 0.1) is 5.92 Å². The highest BCUT2D eigenvalue weighted by Crippen LogP contribution is 2.37. The summed E-state index contributed by atoms with van der Waals surface area (Å²) in [5.41, 5.74) is -0.826. The number of aliphatic hydroxyl groups excluding tert-OH is 1. The Morgan fingerprint density at radius 2 is 2.09 bits per heavy atom. The first-order valence-corrected chi connectivity index (χ1v) is 7.26. The number of nitrogens with one attached hydrogen (secondary N) is 3. The van der Waals surface area contributed by atoms with Crippen LogP contribution in [-0.2, 0) is 0 Å². The number of pyridine rings is 1. The first kappa shape index (κ1) is 15.2. The quantitative estimate of drug-likeness (QED) is 0.616. The molecule has 120 valence electrons. The second-order valence-electron chi connectivity index (χ2n) is 5.59. The summed E-state index contributed by atoms with van der Waals surface area (Å²) in [5.74, 6) is -0.511. The van der Waals surface area contributed by atoms with Crippen molar-refractivity contribution < 1.29 is 9.90 Å². The zero-order valence-corrected chi connectivity index (χ0v) is 12.2. The fraction of sp³-hybridized carbons (Fsp3) is 0.333. The lowest BCUT2D eigenvalue weighted by molar-refractivity contribution is 0.0227. The van der Waals surface area contributed by atoms with E-state index in [9.17, 15) is 19.5 Å². The van der Waals surface area contributed by atoms with Gasteiger partial charge in [-0.3, -0.25) is 19.6 Å². The molecule has 2 heterocycles. The number of nitrogens with zero attached hydrogens (tertiary/aromatic N) is 1. The van der Waals surface area contributed by atoms with Gasteiger partial charge in [-0.05, 0) is 30.9 Å². The van der Waals surface area contributed by atoms with E-state index < -0.39 is 23.2 Å². The number of amides is 1. The van der Waals surface area contributed by atoms with Crippen LogP contribution >= 0.6 is 0 Å². The van der Waals surface area contributed by atoms with Gasteiger partial charge in [0.05, 0.1) is 17.8 Å². The maximum absolute atomic E-state index is 12.3. The van der Waals surface area contributed by atoms with Crippen LogP contribution in [-0.4, -0.2) is 32.1 Å². The van der Waals surface area contributed by atoms with Gasteiger partial charge < -0.3 is 15.4 Å². The largest absolute Gasteiger partial charge is 0.393 e. The lowest BCUT2D eigenvalue weighted by Gasteiger charge is -2.37. The number of rotatable bonds is 4. The van der Waals surface area contributed by atoms with E-state index in [0.29, 0.717) is 18.5 Å². The summed E-state index contributed by atoms with van der Waals surface area (Å²) in [7, 11) is 0. The molecule has 1 fully saturated rings. The van der Waals surface area contributed by atoms with Crippen molar-refractivity contribution in [1.29, 1.82) is 0 Å². The van der Waals surface area contributed by atoms with Gasteiger partial charge in [0.1, 0.15) is 5.69 Å². The van der Waals surface area contributed by atoms with Gasteiger partial charge in [-0.2, -0.15) is 0 Å². The van der Waals surface area contributed by atoms with E-state index >= 15 is 0 Å². The van der Waals surface area contributed by atoms with Crippen molar-refractivity contribution in [3.05, 3.63) is 62.7 Å². The summed E-state index contributed by atoms with van der Waals surface area (Å²) in [4.78, 5) is 43.5. The number of aromatic nitrogens is 3. The van der Waals surface area contributed by atoms with Crippen molar-refractivity contribution in [3.63, 3.8) is 0 Å². The van der Waals surface area contributed by atoms with E-state index in [2.05, 4.69) is 15.3 Å². The van der Waals surface area contributed by atoms with E-state index in [1.807, 2.05) is 11.1 Å². The van der Waals surface area contributed by atoms with E-state index in [1.54, 1.807) is 18.3 Å². The molecule has 1 saturated carbocycles. The molecule has 2 aromatic heterocycles. The highest BCUT2D eigenvalue weighted by Gasteiger charge is 2.36. The molecular formula is C15H16N4O4. The second-order valence-corrected chi connectivity index (χ2v) is 5.59. The molecule has 0 unspecified atom stereocenters. The Labute approximate surface area is 130 Å². The SMILES string of the molecule is O=C(N[C@@H](c1ccccn1)C1CC(O)C1)c1cc(=O)[nH]c(=O)[nH]1. The third kappa shape index (κ3) is 3.37. The number of carbonyl (C=O) groups is 1. The van der Waals surface area contributed by atoms with Crippen LogP contribution in [0.4, 0.5) is 0 Å². The number of aromatic amines is 2. The Bertz CT molecular complexity index is 780. The molecule has 0 bridgehead atoms. The van der Waals surface area contributed by atoms with E-state index in [-0.39, 0.29) is 17.7 Å². The molecule has 1 aliphatic rings. The molecule has 1 amide bonds. The minimum atomic E-state index is -0.740. The summed E-state index contributed by atoms with van der Waals surface area (Å²) in [5, 5.41) is 12.3. The van der Waals surface area contributed by atoms with E-state index in [4.69, 9.17) is 0 Å². The van der Waals surface area contributed by atoms with Crippen molar-refractivity contribution in [2.45, 2.75) is 25.0 Å². The first-order valence-electron chi connectivity index (χ1n) is 7.26. The van der Waals surface area contributed by atoms with Crippen LogP contribution in [0.5, 0.6) is 0 Å². The van der Waals surface area contributed by atoms with Crippen molar-refractivity contribution >= 4 is 5.91 Å². The maximum atomic E-state index is 12.3. The molecule has 0 aromatic carbocycles. The summed E-state index contributed by atoms with van der Waals surface area (Å²) in [6.45, 7) is 0. The summed E-state index contributed by atoms with van der Waals surface area (Å²) >= 11 is 0. The van der Waals surface area contributed by atoms with Crippen LogP contribution in [0.15, 0.2) is 40.1 Å². The molecular weight excluding hydrogens is 300 g/mol. The second kappa shape index (κ2) is 6.17. The third-order valence-corrected chi connectivity index (χ3v) is 3.92. The Morgan fingerprint density at radius 3 is 2.70 bits per heavy atom. The third-order valence-electron chi connectivity index (χ3n) is 3.92. The van der Waals surface area contributed by atoms with Gasteiger partial charge in [-0.15, -0.1) is 0 Å². The minimum Gasteiger partial charge on any atom is -0.393 e. The minimum absolute atomic E-state index is 0.0533. The maximum Gasteiger partial charge on any atom is 0.326 e. The fourth-order valence-electron chi connectivity index (χ4n) is 2.71. The highest BCUT2D eigenvalue weighted by atomic mass is 16.3. The van der Waals surface area contributed by atoms with Crippen LogP contribution in [0.3, 0.4) is 0 Å². The van der Waals surface area contributed by atoms with Crippen molar-refractivity contribution in [2.75, 3.05) is 0 Å². The van der Waals surface area contributed by atoms with Crippen LogP contribution in [0.1, 0.15) is 35.1 Å². The molecule has 0 spiro atoms. The van der Waals surface area contributed by atoms with Gasteiger partial charge in [0, 0.05) is 12.3 Å². The van der Waals surface area contributed by atoms with E-state index in [0.717, 1.165) is 6.07 Å². The summed E-state index contributed by atoms with van der Waals surface area (Å²) in [6, 6.07) is 6.01. The number of hydrogen-bond acceptors (Lipinski definition) is 5. The molecule has 8 heteroatoms. The topological polar surface area (TPSA) is 128 Å². The van der Waals surface area contributed by atoms with Crippen LogP contribution < -0.4 is 16.6 Å². The summed E-state index contributed by atoms with van der Waals surface area (Å²) < 4.78 is 0. The summed E-state index contributed by atoms with van der Waals surface area (Å²) in [6.07, 6.45) is 2.38. The predicted octanol–water partition coefficient (Wildman–Crippen LogP) is -0.300. The predicted molar refractivity (Wildman–Crippen MR) is 80.9 cm³/mol. The lowest BCUT2D eigenvalue weighted by atomic mass is 9.76. The van der Waals surface area contributed by atoms with Gasteiger partial charge in [-0.1, -0.05) is 6.07 Å². The Morgan fingerprint density at radius 1 is 1.30 bits per heavy atom. The molecule has 4 N–H and O–H groups in total. The average Bonchev–Trinajstić information content (AvgIpc) is 2.49. The van der Waals surface area contributed by atoms with E-state index in [1.165, 1.54) is 0 Å². The van der Waals surface area contributed by atoms with Crippen molar-refractivity contribution in [3.8, 4) is 0 Å². The van der Waals surface area contributed by atoms with Gasteiger partial charge >= 0.3 is 5.69 Å². The molecule has 3 rings (SSSR count). The fourth-order valence-corrected chi connectivity index (χ4v) is 2.71. The van der Waals surface area contributed by atoms with Crippen LogP contribution in [0.25, 0.3) is 0 Å². The smallest absolute Gasteiger partial charge is 0.326 e. The molecule has 23 heavy (non-hydrogen) atoms. The normalized spacial score (nSPS) is 21.3. The lowest BCUT2D eigenvalue weighted by Crippen LogP contribution is -2.42. The molecule has 1 atom stereocenters. The molecule has 0 saturated heterocycles. The zero-order chi connectivity index (χ0) is 16.4. The molecule has 2 aromatic rings. The standard InChI is InChI=1S/C15H16N4O4/c20-9-5-8(6-9)13(10-3-1-2-4-16-10)19-14(22)11-7-12(21)18-15(23)17-11/h1-4,7-9,13,20H,5-6H2,(H,19,22)(H2,17,18,21,23)/t8?,9?,13-/m1/s1. The first-order chi connectivity index (χ1) is 11.0. The highest BCUT2D eigenvalue weighted by molar-refractivity contribution is 5.92. The van der Waals surface area contributed by atoms with Gasteiger partial charge in [-0.25, -0.2) is 4.79 Å². The van der Waals surface area contributed by atoms with Gasteiger partial charge in [0.25, 0.3) is 11.5 Å². The molecule has 0 aliphatic heterocycles. The van der Waals surface area contributed by atoms with Gasteiger partial charge in [0.2, 0.25) is 0 Å². The molecule has 1 aliphatic carbocycles. The number of carbonyl (C=O) groups excluding carboxylic acids is 1. The Hall–Kier alpha value is -2.74. The average molecular weight is 316 g/mol. The van der Waals surface area contributed by atoms with Crippen molar-refractivity contribution in [2.24, 2.45) is 5.92 Å². The molecule has 0 radical (unpaired) electrons. The van der Waals surface area contributed by atoms with Crippen LogP contribution in [0.2, 0.25) is 0 Å². The Balaban J connectivity index is 1.85. The Kier molecular flexibility index (Phi) is 4.07. The molecule has 8 nitrogen and oxygen atoms in total. The van der Waals surface area contributed by atoms with Gasteiger partial charge in [0.15, 0.2) is 0 Å². The number of aliphatic hydroxyl groups is 1. The number of H-pyrrole nitrogens is 2.